The lowest BCUT2D eigenvalue weighted by Crippen LogP contribution is -2.20. The van der Waals surface area contributed by atoms with Crippen molar-refractivity contribution in [2.24, 2.45) is 11.3 Å². The minimum atomic E-state index is -0.188. The second kappa shape index (κ2) is 5.38. The van der Waals surface area contributed by atoms with Gasteiger partial charge in [-0.15, -0.1) is 0 Å². The first kappa shape index (κ1) is 12.6. The van der Waals surface area contributed by atoms with Gasteiger partial charge >= 0.3 is 0 Å². The van der Waals surface area contributed by atoms with Gasteiger partial charge in [0.05, 0.1) is 0 Å². The van der Waals surface area contributed by atoms with Crippen molar-refractivity contribution < 1.29 is 9.53 Å². The van der Waals surface area contributed by atoms with Crippen molar-refractivity contribution in [1.29, 1.82) is 0 Å². The fraction of sp³-hybridized carbons (Fsp3) is 0.909. The summed E-state index contributed by atoms with van der Waals surface area (Å²) in [4.78, 5) is 11.5. The van der Waals surface area contributed by atoms with E-state index >= 15 is 0 Å². The zero-order valence-electron chi connectivity index (χ0n) is 9.52. The highest BCUT2D eigenvalue weighted by atomic mass is 16.5. The van der Waals surface area contributed by atoms with Crippen LogP contribution in [0.3, 0.4) is 0 Å². The predicted molar refractivity (Wildman–Crippen MR) is 54.7 cm³/mol. The normalized spacial score (nSPS) is 14.2. The quantitative estimate of drug-likeness (QED) is 0.660. The van der Waals surface area contributed by atoms with E-state index in [1.165, 1.54) is 0 Å². The molecule has 0 spiro atoms. The number of carbonyl (C=O) groups excluding carboxylic acids is 1. The molecule has 0 aromatic rings. The van der Waals surface area contributed by atoms with E-state index in [-0.39, 0.29) is 5.41 Å². The Morgan fingerprint density at radius 1 is 1.38 bits per heavy atom. The van der Waals surface area contributed by atoms with Crippen LogP contribution in [0.5, 0.6) is 0 Å². The molecule has 0 saturated carbocycles. The molecule has 0 aromatic heterocycles. The first-order valence-electron chi connectivity index (χ1n) is 4.90. The fourth-order valence-corrected chi connectivity index (χ4v) is 1.12. The number of hydrogen-bond acceptors (Lipinski definition) is 2. The van der Waals surface area contributed by atoms with Crippen LogP contribution in [-0.4, -0.2) is 19.5 Å². The maximum atomic E-state index is 11.5. The molecule has 0 fully saturated rings. The van der Waals surface area contributed by atoms with Gasteiger partial charge in [-0.1, -0.05) is 27.7 Å². The molecule has 1 unspecified atom stereocenters. The van der Waals surface area contributed by atoms with Gasteiger partial charge in [0.2, 0.25) is 0 Å². The molecule has 0 saturated heterocycles. The van der Waals surface area contributed by atoms with Crippen molar-refractivity contribution in [3.05, 3.63) is 0 Å². The van der Waals surface area contributed by atoms with Gasteiger partial charge in [0.1, 0.15) is 5.78 Å². The molecule has 0 radical (unpaired) electrons. The van der Waals surface area contributed by atoms with Crippen LogP contribution in [0.1, 0.15) is 40.5 Å². The van der Waals surface area contributed by atoms with Gasteiger partial charge in [-0.2, -0.15) is 0 Å². The highest BCUT2D eigenvalue weighted by Gasteiger charge is 2.20. The Morgan fingerprint density at radius 2 is 1.92 bits per heavy atom. The summed E-state index contributed by atoms with van der Waals surface area (Å²) in [6.45, 7) is 8.76. The van der Waals surface area contributed by atoms with Crippen molar-refractivity contribution in [2.45, 2.75) is 40.5 Å². The third-order valence-corrected chi connectivity index (χ3v) is 2.15. The van der Waals surface area contributed by atoms with Gasteiger partial charge < -0.3 is 4.74 Å². The lowest BCUT2D eigenvalue weighted by atomic mass is 9.87. The topological polar surface area (TPSA) is 26.3 Å². The Labute approximate surface area is 81.7 Å². The van der Waals surface area contributed by atoms with E-state index in [9.17, 15) is 4.79 Å². The maximum absolute atomic E-state index is 11.5. The van der Waals surface area contributed by atoms with E-state index in [0.717, 1.165) is 13.0 Å². The van der Waals surface area contributed by atoms with Crippen LogP contribution < -0.4 is 0 Å². The molecule has 0 aromatic carbocycles. The van der Waals surface area contributed by atoms with Gasteiger partial charge in [0, 0.05) is 25.6 Å². The monoisotopic (exact) mass is 186 g/mol. The summed E-state index contributed by atoms with van der Waals surface area (Å²) in [6, 6.07) is 0. The number of ether oxygens (including phenoxy) is 1. The van der Waals surface area contributed by atoms with Crippen LogP contribution >= 0.6 is 0 Å². The first-order valence-corrected chi connectivity index (χ1v) is 4.90. The summed E-state index contributed by atoms with van der Waals surface area (Å²) in [5, 5.41) is 0. The smallest absolute Gasteiger partial charge is 0.138 e. The predicted octanol–water partition coefficient (Wildman–Crippen LogP) is 2.66. The SMILES string of the molecule is COCC(C)CCC(=O)C(C)(C)C. The van der Waals surface area contributed by atoms with Gasteiger partial charge in [-0.3, -0.25) is 4.79 Å². The maximum Gasteiger partial charge on any atom is 0.138 e. The average Bonchev–Trinajstić information content (AvgIpc) is 1.99. The Bertz CT molecular complexity index is 156. The summed E-state index contributed by atoms with van der Waals surface area (Å²) in [5.41, 5.74) is -0.188. The third-order valence-electron chi connectivity index (χ3n) is 2.15. The summed E-state index contributed by atoms with van der Waals surface area (Å²) in [6.07, 6.45) is 1.61. The Hall–Kier alpha value is -0.370. The molecule has 0 rings (SSSR count). The third kappa shape index (κ3) is 5.81. The van der Waals surface area contributed by atoms with Crippen LogP contribution in [0.15, 0.2) is 0 Å². The second-order valence-corrected chi connectivity index (χ2v) is 4.77. The molecule has 0 bridgehead atoms. The zero-order chi connectivity index (χ0) is 10.5. The summed E-state index contributed by atoms with van der Waals surface area (Å²) < 4.78 is 5.01. The average molecular weight is 186 g/mol. The van der Waals surface area contributed by atoms with Crippen LogP contribution in [0.2, 0.25) is 0 Å². The molecule has 2 heteroatoms. The van der Waals surface area contributed by atoms with Crippen molar-refractivity contribution in [3.63, 3.8) is 0 Å². The molecular formula is C11H22O2. The van der Waals surface area contributed by atoms with Crippen LogP contribution in [0.25, 0.3) is 0 Å². The lowest BCUT2D eigenvalue weighted by Gasteiger charge is -2.17. The van der Waals surface area contributed by atoms with Crippen molar-refractivity contribution in [3.8, 4) is 0 Å². The zero-order valence-corrected chi connectivity index (χ0v) is 9.52. The minimum Gasteiger partial charge on any atom is -0.384 e. The Balaban J connectivity index is 3.71. The Kier molecular flexibility index (Phi) is 5.23. The van der Waals surface area contributed by atoms with Crippen LogP contribution in [-0.2, 0) is 9.53 Å². The van der Waals surface area contributed by atoms with E-state index < -0.39 is 0 Å². The van der Waals surface area contributed by atoms with Crippen molar-refractivity contribution in [1.82, 2.24) is 0 Å². The lowest BCUT2D eigenvalue weighted by molar-refractivity contribution is -0.126. The molecular weight excluding hydrogens is 164 g/mol. The van der Waals surface area contributed by atoms with Crippen LogP contribution in [0, 0.1) is 11.3 Å². The molecule has 78 valence electrons. The number of methoxy groups -OCH3 is 1. The standard InChI is InChI=1S/C11H22O2/c1-9(8-13-5)6-7-10(12)11(2,3)4/h9H,6-8H2,1-5H3. The highest BCUT2D eigenvalue weighted by molar-refractivity contribution is 5.83. The van der Waals surface area contributed by atoms with Gasteiger partial charge in [-0.05, 0) is 12.3 Å². The van der Waals surface area contributed by atoms with Gasteiger partial charge in [0.25, 0.3) is 0 Å². The summed E-state index contributed by atoms with van der Waals surface area (Å²) in [5.74, 6) is 0.826. The molecule has 0 aliphatic carbocycles. The summed E-state index contributed by atoms with van der Waals surface area (Å²) >= 11 is 0. The Morgan fingerprint density at radius 3 is 2.31 bits per heavy atom. The minimum absolute atomic E-state index is 0.188. The molecule has 1 atom stereocenters. The number of ketones is 1. The molecule has 0 amide bonds. The molecule has 2 nitrogen and oxygen atoms in total. The van der Waals surface area contributed by atoms with E-state index in [1.54, 1.807) is 7.11 Å². The molecule has 0 heterocycles. The fourth-order valence-electron chi connectivity index (χ4n) is 1.12. The number of Topliss-reactive ketones (excluding diaryl/α,β-unsaturated/α-hetero) is 1. The van der Waals surface area contributed by atoms with Crippen molar-refractivity contribution >= 4 is 5.78 Å². The summed E-state index contributed by atoms with van der Waals surface area (Å²) in [7, 11) is 1.70. The van der Waals surface area contributed by atoms with Gasteiger partial charge in [-0.25, -0.2) is 0 Å². The van der Waals surface area contributed by atoms with Crippen LogP contribution in [0.4, 0.5) is 0 Å². The number of rotatable bonds is 5. The highest BCUT2D eigenvalue weighted by Crippen LogP contribution is 2.19. The van der Waals surface area contributed by atoms with Gasteiger partial charge in [0.15, 0.2) is 0 Å². The number of carbonyl (C=O) groups is 1. The molecule has 13 heavy (non-hydrogen) atoms. The molecule has 0 aliphatic rings. The van der Waals surface area contributed by atoms with Crippen molar-refractivity contribution in [2.75, 3.05) is 13.7 Å². The largest absolute Gasteiger partial charge is 0.384 e. The molecule has 0 N–H and O–H groups in total. The van der Waals surface area contributed by atoms with E-state index in [1.807, 2.05) is 20.8 Å². The second-order valence-electron chi connectivity index (χ2n) is 4.77. The van der Waals surface area contributed by atoms with E-state index in [4.69, 9.17) is 4.74 Å². The van der Waals surface area contributed by atoms with E-state index in [2.05, 4.69) is 6.92 Å². The molecule has 0 aliphatic heterocycles. The first-order chi connectivity index (χ1) is 5.88. The number of hydrogen-bond donors (Lipinski definition) is 0. The van der Waals surface area contributed by atoms with E-state index in [0.29, 0.717) is 18.1 Å².